The monoisotopic (exact) mass is 453 g/mol. The molecule has 1 saturated carbocycles. The molecule has 174 valence electrons. The lowest BCUT2D eigenvalue weighted by atomic mass is 9.94. The van der Waals surface area contributed by atoms with Gasteiger partial charge in [-0.2, -0.15) is 0 Å². The number of rotatable bonds is 6. The van der Waals surface area contributed by atoms with Gasteiger partial charge in [0.05, 0.1) is 12.0 Å². The Morgan fingerprint density at radius 1 is 1.03 bits per heavy atom. The largest absolute Gasteiger partial charge is 0.490 e. The number of piperidine rings is 1. The van der Waals surface area contributed by atoms with Gasteiger partial charge >= 0.3 is 5.97 Å². The van der Waals surface area contributed by atoms with Crippen LogP contribution in [0.3, 0.4) is 0 Å². The quantitative estimate of drug-likeness (QED) is 0.509. The summed E-state index contributed by atoms with van der Waals surface area (Å²) in [7, 11) is -1.08. The lowest BCUT2D eigenvalue weighted by molar-refractivity contribution is -0.143. The van der Waals surface area contributed by atoms with Gasteiger partial charge in [0.15, 0.2) is 0 Å². The van der Waals surface area contributed by atoms with Gasteiger partial charge in [0.1, 0.15) is 5.75 Å². The Kier molecular flexibility index (Phi) is 6.96. The van der Waals surface area contributed by atoms with Crippen molar-refractivity contribution in [1.82, 2.24) is 4.90 Å². The van der Waals surface area contributed by atoms with Crippen molar-refractivity contribution in [1.29, 1.82) is 0 Å². The minimum Gasteiger partial charge on any atom is -0.490 e. The Morgan fingerprint density at radius 3 is 2.25 bits per heavy atom. The van der Waals surface area contributed by atoms with Crippen molar-refractivity contribution in [2.45, 2.75) is 83.3 Å². The zero-order chi connectivity index (χ0) is 22.9. The number of carboxylic acid groups (broad SMARTS) is 1. The molecule has 1 aliphatic heterocycles. The van der Waals surface area contributed by atoms with Crippen LogP contribution in [0, 0.1) is 12.8 Å². The van der Waals surface area contributed by atoms with Gasteiger partial charge in [-0.1, -0.05) is 43.9 Å². The number of aliphatic carboxylic acids is 1. The van der Waals surface area contributed by atoms with Gasteiger partial charge in [0.25, 0.3) is 0 Å². The van der Waals surface area contributed by atoms with Crippen molar-refractivity contribution in [3.8, 4) is 5.75 Å². The summed E-state index contributed by atoms with van der Waals surface area (Å²) in [4.78, 5) is 13.8. The molecule has 0 bridgehead atoms. The molecule has 2 aromatic rings. The number of carboxylic acids is 1. The average molecular weight is 454 g/mol. The third-order valence-electron chi connectivity index (χ3n) is 7.83. The third kappa shape index (κ3) is 5.20. The minimum atomic E-state index is -1.08. The molecule has 1 aliphatic carbocycles. The van der Waals surface area contributed by atoms with E-state index in [1.165, 1.54) is 34.7 Å². The van der Waals surface area contributed by atoms with Crippen molar-refractivity contribution in [2.75, 3.05) is 13.1 Å². The van der Waals surface area contributed by atoms with Crippen LogP contribution < -0.4 is 4.74 Å². The number of ether oxygens (including phenoxy) is 1. The van der Waals surface area contributed by atoms with Gasteiger partial charge in [-0.3, -0.25) is 9.69 Å². The van der Waals surface area contributed by atoms with E-state index in [0.717, 1.165) is 56.6 Å². The summed E-state index contributed by atoms with van der Waals surface area (Å²) < 4.78 is 6.73. The lowest BCUT2D eigenvalue weighted by Gasteiger charge is -2.36. The molecule has 0 amide bonds. The highest BCUT2D eigenvalue weighted by Crippen LogP contribution is 2.40. The fraction of sp³-hybridized carbons (Fsp3) is 0.593. The van der Waals surface area contributed by atoms with E-state index in [4.69, 9.17) is 4.74 Å². The van der Waals surface area contributed by atoms with Gasteiger partial charge in [-0.25, -0.2) is 0 Å². The van der Waals surface area contributed by atoms with Gasteiger partial charge < -0.3 is 9.84 Å². The lowest BCUT2D eigenvalue weighted by Crippen LogP contribution is -2.36. The summed E-state index contributed by atoms with van der Waals surface area (Å²) in [6.45, 7) is 12.2. The zero-order valence-corrected chi connectivity index (χ0v) is 21.2. The molecular formula is C27H39NO3Si. The smallest absolute Gasteiger partial charge is 0.306 e. The maximum Gasteiger partial charge on any atom is 0.306 e. The van der Waals surface area contributed by atoms with Gasteiger partial charge in [-0.15, -0.1) is 0 Å². The highest BCUT2D eigenvalue weighted by atomic mass is 28.3. The highest BCUT2D eigenvalue weighted by Gasteiger charge is 2.32. The Balaban J connectivity index is 1.55. The van der Waals surface area contributed by atoms with Crippen molar-refractivity contribution >= 4 is 24.8 Å². The van der Waals surface area contributed by atoms with E-state index < -0.39 is 14.0 Å². The second-order valence-electron chi connectivity index (χ2n) is 11.1. The summed E-state index contributed by atoms with van der Waals surface area (Å²) in [5.41, 5.74) is 3.45. The van der Waals surface area contributed by atoms with E-state index in [1.54, 1.807) is 0 Å². The van der Waals surface area contributed by atoms with Crippen molar-refractivity contribution < 1.29 is 14.6 Å². The fourth-order valence-corrected chi connectivity index (χ4v) is 7.71. The van der Waals surface area contributed by atoms with Crippen LogP contribution in [-0.2, 0) is 11.3 Å². The molecule has 4 rings (SSSR count). The summed E-state index contributed by atoms with van der Waals surface area (Å²) in [5.74, 6) is 0.194. The van der Waals surface area contributed by atoms with Crippen molar-refractivity contribution in [3.05, 3.63) is 41.5 Å². The molecule has 2 aromatic carbocycles. The molecule has 2 aliphatic rings. The first-order valence-electron chi connectivity index (χ1n) is 12.4. The predicted molar refractivity (Wildman–Crippen MR) is 134 cm³/mol. The molecule has 1 N–H and O–H groups in total. The number of hydrogen-bond acceptors (Lipinski definition) is 3. The Morgan fingerprint density at radius 2 is 1.66 bits per heavy atom. The van der Waals surface area contributed by atoms with Crippen LogP contribution >= 0.6 is 0 Å². The van der Waals surface area contributed by atoms with Crippen LogP contribution in [0.5, 0.6) is 5.75 Å². The van der Waals surface area contributed by atoms with E-state index in [0.29, 0.717) is 6.10 Å². The molecule has 32 heavy (non-hydrogen) atoms. The topological polar surface area (TPSA) is 49.8 Å². The highest BCUT2D eigenvalue weighted by molar-refractivity contribution is 6.77. The average Bonchev–Trinajstić information content (AvgIpc) is 2.76. The SMILES string of the molecule is Cc1cc(OC2CCC([Si](C)(C)C)CC2)c(CN2CCC(C(=O)O)CC2)c2ccccc12. The molecular weight excluding hydrogens is 414 g/mol. The molecule has 5 heteroatoms. The molecule has 0 spiro atoms. The van der Waals surface area contributed by atoms with E-state index in [9.17, 15) is 9.90 Å². The first-order valence-corrected chi connectivity index (χ1v) is 15.9. The summed E-state index contributed by atoms with van der Waals surface area (Å²) in [6.07, 6.45) is 6.68. The number of fused-ring (bicyclic) bond motifs is 1. The second-order valence-corrected chi connectivity index (χ2v) is 16.6. The number of benzene rings is 2. The first-order chi connectivity index (χ1) is 15.2. The van der Waals surface area contributed by atoms with Gasteiger partial charge in [0, 0.05) is 20.2 Å². The van der Waals surface area contributed by atoms with E-state index in [-0.39, 0.29) is 5.92 Å². The van der Waals surface area contributed by atoms with Crippen molar-refractivity contribution in [2.24, 2.45) is 5.92 Å². The van der Waals surface area contributed by atoms with E-state index >= 15 is 0 Å². The van der Waals surface area contributed by atoms with E-state index in [2.05, 4.69) is 61.8 Å². The number of aryl methyl sites for hydroxylation is 1. The Bertz CT molecular complexity index is 951. The number of hydrogen-bond donors (Lipinski definition) is 1. The third-order valence-corrected chi connectivity index (χ3v) is 10.9. The van der Waals surface area contributed by atoms with E-state index in [1.807, 2.05) is 0 Å². The summed E-state index contributed by atoms with van der Waals surface area (Å²) >= 11 is 0. The molecule has 0 atom stereocenters. The van der Waals surface area contributed by atoms with Gasteiger partial charge in [0.2, 0.25) is 0 Å². The normalized spacial score (nSPS) is 23.4. The Hall–Kier alpha value is -1.85. The van der Waals surface area contributed by atoms with Crippen LogP contribution in [0.25, 0.3) is 10.8 Å². The standard InChI is InChI=1S/C27H39NO3Si/c1-19-17-26(31-21-9-11-22(12-10-21)32(2,3)4)25(24-8-6-5-7-23(19)24)18-28-15-13-20(14-16-28)27(29)30/h5-8,17,20-22H,9-16,18H2,1-4H3,(H,29,30). The van der Waals surface area contributed by atoms with Crippen LogP contribution in [0.15, 0.2) is 30.3 Å². The maximum atomic E-state index is 11.4. The number of nitrogens with zero attached hydrogens (tertiary/aromatic N) is 1. The molecule has 1 heterocycles. The Labute approximate surface area is 194 Å². The van der Waals surface area contributed by atoms with Crippen molar-refractivity contribution in [3.63, 3.8) is 0 Å². The molecule has 2 fully saturated rings. The number of carbonyl (C=O) groups is 1. The van der Waals surface area contributed by atoms with Crippen LogP contribution in [0.2, 0.25) is 25.2 Å². The predicted octanol–water partition coefficient (Wildman–Crippen LogP) is 6.47. The summed E-state index contributed by atoms with van der Waals surface area (Å²) in [6, 6.07) is 10.9. The fourth-order valence-electron chi connectivity index (χ4n) is 5.64. The maximum absolute atomic E-state index is 11.4. The minimum absolute atomic E-state index is 0.196. The second kappa shape index (κ2) is 9.56. The van der Waals surface area contributed by atoms with Crippen LogP contribution in [-0.4, -0.2) is 43.2 Å². The molecule has 0 unspecified atom stereocenters. The number of likely N-dealkylation sites (tertiary alicyclic amines) is 1. The molecule has 1 saturated heterocycles. The van der Waals surface area contributed by atoms with Crippen LogP contribution in [0.4, 0.5) is 0 Å². The van der Waals surface area contributed by atoms with Gasteiger partial charge in [-0.05, 0) is 86.5 Å². The molecule has 0 aromatic heterocycles. The molecule has 0 radical (unpaired) electrons. The molecule has 4 nitrogen and oxygen atoms in total. The van der Waals surface area contributed by atoms with Crippen LogP contribution in [0.1, 0.15) is 49.7 Å². The zero-order valence-electron chi connectivity index (χ0n) is 20.2. The summed E-state index contributed by atoms with van der Waals surface area (Å²) in [5, 5.41) is 11.9. The first kappa shape index (κ1) is 23.3.